The summed E-state index contributed by atoms with van der Waals surface area (Å²) < 4.78 is 16.2. The minimum atomic E-state index is -1.48. The monoisotopic (exact) mass is 534 g/mol. The first-order valence-electron chi connectivity index (χ1n) is 12.2. The third-order valence-corrected chi connectivity index (χ3v) is 9.45. The van der Waals surface area contributed by atoms with Crippen molar-refractivity contribution in [3.8, 4) is 0 Å². The van der Waals surface area contributed by atoms with Gasteiger partial charge in [-0.1, -0.05) is 62.3 Å². The molecule has 1 aromatic carbocycles. The second-order valence-electron chi connectivity index (χ2n) is 9.65. The number of amides is 2. The summed E-state index contributed by atoms with van der Waals surface area (Å²) in [5.41, 5.74) is 8.67. The summed E-state index contributed by atoms with van der Waals surface area (Å²) in [7, 11) is 4.44. The normalized spacial score (nSPS) is 22.4. The first kappa shape index (κ1) is 28.1. The Bertz CT molecular complexity index is 991. The molecule has 2 fully saturated rings. The van der Waals surface area contributed by atoms with E-state index in [1.165, 1.54) is 0 Å². The van der Waals surface area contributed by atoms with Gasteiger partial charge in [0.2, 0.25) is 5.91 Å². The predicted octanol–water partition coefficient (Wildman–Crippen LogP) is 6.52. The number of hydrogen-bond donors (Lipinski definition) is 1. The summed E-state index contributed by atoms with van der Waals surface area (Å²) in [6, 6.07) is 7.62. The minimum absolute atomic E-state index is 0.0289. The third kappa shape index (κ3) is 7.51. The van der Waals surface area contributed by atoms with Crippen LogP contribution in [-0.2, 0) is 4.79 Å². The van der Waals surface area contributed by atoms with Crippen LogP contribution in [0.4, 0.5) is 4.39 Å². The zero-order valence-electron chi connectivity index (χ0n) is 20.6. The first-order valence-corrected chi connectivity index (χ1v) is 14.2. The van der Waals surface area contributed by atoms with Crippen molar-refractivity contribution in [3.05, 3.63) is 71.3 Å². The molecule has 2 saturated carbocycles. The highest BCUT2D eigenvalue weighted by Gasteiger charge is 2.37. The lowest BCUT2D eigenvalue weighted by Crippen LogP contribution is -2.31. The highest BCUT2D eigenvalue weighted by atomic mass is 32.2. The average Bonchev–Trinajstić information content (AvgIpc) is 3.67. The Hall–Kier alpha value is -1.48. The van der Waals surface area contributed by atoms with Gasteiger partial charge in [-0.05, 0) is 86.6 Å². The average molecular weight is 535 g/mol. The van der Waals surface area contributed by atoms with Crippen molar-refractivity contribution in [1.82, 2.24) is 4.31 Å². The highest BCUT2D eigenvalue weighted by molar-refractivity contribution is 7.98. The molecule has 0 saturated heterocycles. The van der Waals surface area contributed by atoms with E-state index < -0.39 is 5.15 Å². The largest absolute Gasteiger partial charge is 0.366 e. The second-order valence-corrected chi connectivity index (χ2v) is 13.4. The van der Waals surface area contributed by atoms with Crippen LogP contribution in [0.1, 0.15) is 74.2 Å². The maximum absolute atomic E-state index is 14.3. The number of alkyl halides is 1. The molecule has 0 bridgehead atoms. The summed E-state index contributed by atoms with van der Waals surface area (Å²) in [6.07, 6.45) is 11.4. The van der Waals surface area contributed by atoms with Crippen LogP contribution < -0.4 is 5.73 Å². The Morgan fingerprint density at radius 1 is 1.17 bits per heavy atom. The summed E-state index contributed by atoms with van der Waals surface area (Å²) >= 11 is 1.68. The summed E-state index contributed by atoms with van der Waals surface area (Å²) in [4.78, 5) is 25.2. The molecule has 1 aromatic rings. The van der Waals surface area contributed by atoms with E-state index in [9.17, 15) is 14.0 Å². The number of nitrogens with zero attached hydrogens (tertiary/aromatic N) is 1. The highest BCUT2D eigenvalue weighted by Crippen LogP contribution is 2.44. The van der Waals surface area contributed by atoms with E-state index in [0.29, 0.717) is 16.4 Å². The smallest absolute Gasteiger partial charge is 0.263 e. The quantitative estimate of drug-likeness (QED) is 0.161. The molecule has 0 aliphatic heterocycles. The number of allylic oxidation sites excluding steroid dienone is 4. The van der Waals surface area contributed by atoms with Crippen molar-refractivity contribution in [2.45, 2.75) is 74.7 Å². The van der Waals surface area contributed by atoms with Gasteiger partial charge >= 0.3 is 0 Å². The molecular formula is C27H37FN2O2P2S. The topological polar surface area (TPSA) is 63.4 Å². The number of primary amides is 1. The maximum atomic E-state index is 14.3. The van der Waals surface area contributed by atoms with E-state index in [1.54, 1.807) is 24.9 Å². The molecule has 8 heteroatoms. The van der Waals surface area contributed by atoms with Gasteiger partial charge in [0.05, 0.1) is 0 Å². The van der Waals surface area contributed by atoms with Crippen LogP contribution >= 0.6 is 30.4 Å². The Morgan fingerprint density at radius 2 is 1.77 bits per heavy atom. The Balaban J connectivity index is 1.65. The van der Waals surface area contributed by atoms with E-state index in [1.807, 2.05) is 47.6 Å². The van der Waals surface area contributed by atoms with E-state index in [2.05, 4.69) is 25.1 Å². The first-order chi connectivity index (χ1) is 16.5. The van der Waals surface area contributed by atoms with Crippen molar-refractivity contribution in [2.75, 3.05) is 0 Å². The number of hydrogen-bond acceptors (Lipinski definition) is 3. The predicted molar refractivity (Wildman–Crippen MR) is 152 cm³/mol. The minimum Gasteiger partial charge on any atom is -0.366 e. The fourth-order valence-corrected chi connectivity index (χ4v) is 6.20. The van der Waals surface area contributed by atoms with Crippen molar-refractivity contribution in [1.29, 1.82) is 0 Å². The van der Waals surface area contributed by atoms with Gasteiger partial charge in [-0.25, -0.2) is 4.39 Å². The zero-order chi connectivity index (χ0) is 25.8. The molecule has 0 radical (unpaired) electrons. The molecule has 0 aromatic heterocycles. The number of halogens is 1. The second kappa shape index (κ2) is 12.2. The number of nitrogens with two attached hydrogens (primary N) is 1. The Morgan fingerprint density at radius 3 is 2.26 bits per heavy atom. The molecule has 3 unspecified atom stereocenters. The van der Waals surface area contributed by atoms with Crippen LogP contribution in [0, 0.1) is 5.92 Å². The lowest BCUT2D eigenvalue weighted by Gasteiger charge is -2.33. The van der Waals surface area contributed by atoms with Crippen LogP contribution in [0.25, 0.3) is 0 Å². The van der Waals surface area contributed by atoms with E-state index >= 15 is 0 Å². The number of benzene rings is 1. The van der Waals surface area contributed by atoms with Crippen molar-refractivity contribution in [3.63, 3.8) is 0 Å². The van der Waals surface area contributed by atoms with Crippen LogP contribution in [0.15, 0.2) is 60.2 Å². The summed E-state index contributed by atoms with van der Waals surface area (Å²) in [5, 5.41) is -1.12. The van der Waals surface area contributed by atoms with Gasteiger partial charge in [-0.3, -0.25) is 13.9 Å². The lowest BCUT2D eigenvalue weighted by molar-refractivity contribution is -0.114. The molecule has 4 nitrogen and oxygen atoms in total. The van der Waals surface area contributed by atoms with E-state index in [-0.39, 0.29) is 29.7 Å². The molecule has 35 heavy (non-hydrogen) atoms. The van der Waals surface area contributed by atoms with Crippen molar-refractivity contribution in [2.24, 2.45) is 11.7 Å². The van der Waals surface area contributed by atoms with Gasteiger partial charge < -0.3 is 5.73 Å². The van der Waals surface area contributed by atoms with Gasteiger partial charge in [-0.15, -0.1) is 0 Å². The number of carbonyl (C=O) groups excluding carboxylic acids is 2. The summed E-state index contributed by atoms with van der Waals surface area (Å²) in [5.74, 6) is -0.389. The van der Waals surface area contributed by atoms with Crippen LogP contribution in [0.2, 0.25) is 0 Å². The molecule has 0 heterocycles. The molecule has 2 amide bonds. The molecule has 190 valence electrons. The standard InChI is InChI=1S/C27H37FN2O2P2S/c1-4-5-6-24(17(2)25(29)31)20-11-15-23(16-12-20)35-30(22-13-14-22)26(32)21-9-7-19(8-10-21)18(3)27(28,33)34/h4-10,18,20,22-23H,1,11-16,33-34H2,2-3H3,(H2,29,31)/b6-5-,24-17-. The summed E-state index contributed by atoms with van der Waals surface area (Å²) in [6.45, 7) is 7.35. The van der Waals surface area contributed by atoms with Crippen LogP contribution in [0.3, 0.4) is 0 Å². The van der Waals surface area contributed by atoms with Gasteiger partial charge in [0, 0.05) is 28.3 Å². The van der Waals surface area contributed by atoms with Crippen LogP contribution in [0.5, 0.6) is 0 Å². The van der Waals surface area contributed by atoms with Gasteiger partial charge in [0.25, 0.3) is 5.91 Å². The van der Waals surface area contributed by atoms with Crippen LogP contribution in [-0.4, -0.2) is 32.6 Å². The van der Waals surface area contributed by atoms with Gasteiger partial charge in [0.15, 0.2) is 0 Å². The molecule has 2 aliphatic rings. The molecular weight excluding hydrogens is 497 g/mol. The fraction of sp³-hybridized carbons (Fsp3) is 0.481. The van der Waals surface area contributed by atoms with Crippen molar-refractivity contribution >= 4 is 42.2 Å². The van der Waals surface area contributed by atoms with E-state index in [0.717, 1.165) is 49.7 Å². The maximum Gasteiger partial charge on any atom is 0.263 e. The SMILES string of the molecule is C=C/C=C\C(=C(/C)C(N)=O)C1CCC(SN(C(=O)c2ccc(C(C)C(F)(P)P)cc2)C2CC2)CC1. The molecule has 3 rings (SSSR count). The van der Waals surface area contributed by atoms with Gasteiger partial charge in [-0.2, -0.15) is 0 Å². The third-order valence-electron chi connectivity index (χ3n) is 6.99. The molecule has 0 spiro atoms. The number of carbonyl (C=O) groups is 2. The molecule has 3 atom stereocenters. The zero-order valence-corrected chi connectivity index (χ0v) is 23.7. The molecule has 2 aliphatic carbocycles. The number of rotatable bonds is 10. The van der Waals surface area contributed by atoms with Gasteiger partial charge in [0.1, 0.15) is 5.15 Å². The van der Waals surface area contributed by atoms with Crippen molar-refractivity contribution < 1.29 is 14.0 Å². The van der Waals surface area contributed by atoms with E-state index in [4.69, 9.17) is 5.73 Å². The fourth-order valence-electron chi connectivity index (χ4n) is 4.43. The molecule has 2 N–H and O–H groups in total. The Labute approximate surface area is 218 Å². The lowest BCUT2D eigenvalue weighted by atomic mass is 9.81. The Kier molecular flexibility index (Phi) is 9.77.